The van der Waals surface area contributed by atoms with Gasteiger partial charge in [-0.1, -0.05) is 11.2 Å². The number of nitrogens with one attached hydrogen (secondary N) is 1. The van der Waals surface area contributed by atoms with Gasteiger partial charge in [-0.2, -0.15) is 0 Å². The van der Waals surface area contributed by atoms with Gasteiger partial charge >= 0.3 is 0 Å². The molecule has 0 aliphatic carbocycles. The number of carbonyl (C=O) groups is 1. The number of aromatic nitrogens is 2. The monoisotopic (exact) mass is 323 g/mol. The molecule has 100 valence electrons. The van der Waals surface area contributed by atoms with Crippen molar-refractivity contribution in [3.8, 4) is 0 Å². The molecule has 2 aromatic rings. The summed E-state index contributed by atoms with van der Waals surface area (Å²) >= 11 is 3.24. The summed E-state index contributed by atoms with van der Waals surface area (Å²) in [4.78, 5) is 16.2. The number of hydrogen-bond donors (Lipinski definition) is 1. The van der Waals surface area contributed by atoms with E-state index in [0.29, 0.717) is 16.1 Å². The summed E-state index contributed by atoms with van der Waals surface area (Å²) in [5, 5.41) is 6.77. The Bertz CT molecular complexity index is 590. The van der Waals surface area contributed by atoms with Gasteiger partial charge in [-0.05, 0) is 48.8 Å². The number of rotatable bonds is 3. The fraction of sp³-hybridized carbons (Fsp3) is 0.308. The number of halogens is 1. The largest absolute Gasteiger partial charge is 0.361 e. The van der Waals surface area contributed by atoms with Gasteiger partial charge in [-0.25, -0.2) is 4.98 Å². The second-order valence-electron chi connectivity index (χ2n) is 4.28. The maximum absolute atomic E-state index is 12.1. The number of aryl methyl sites for hydroxylation is 2. The Morgan fingerprint density at radius 2 is 2.16 bits per heavy atom. The minimum Gasteiger partial charge on any atom is -0.361 e. The van der Waals surface area contributed by atoms with Crippen molar-refractivity contribution in [2.24, 2.45) is 0 Å². The van der Waals surface area contributed by atoms with Crippen LogP contribution in [0.15, 0.2) is 27.3 Å². The zero-order chi connectivity index (χ0) is 14.0. The summed E-state index contributed by atoms with van der Waals surface area (Å²) in [7, 11) is 0. The van der Waals surface area contributed by atoms with Crippen molar-refractivity contribution in [1.82, 2.24) is 15.5 Å². The topological polar surface area (TPSA) is 68.0 Å². The van der Waals surface area contributed by atoms with Gasteiger partial charge in [0.1, 0.15) is 16.1 Å². The SMILES string of the molecule is Cc1noc(C)c1C(C)NC(=O)c1cccc(Br)n1. The van der Waals surface area contributed by atoms with Crippen LogP contribution in [0.5, 0.6) is 0 Å². The first-order chi connectivity index (χ1) is 8.99. The van der Waals surface area contributed by atoms with Crippen molar-refractivity contribution in [1.29, 1.82) is 0 Å². The van der Waals surface area contributed by atoms with Crippen LogP contribution in [0.2, 0.25) is 0 Å². The third-order valence-corrected chi connectivity index (χ3v) is 3.26. The molecular weight excluding hydrogens is 310 g/mol. The molecule has 0 aliphatic heterocycles. The normalized spacial score (nSPS) is 12.2. The van der Waals surface area contributed by atoms with Crippen LogP contribution in [-0.2, 0) is 0 Å². The van der Waals surface area contributed by atoms with E-state index in [4.69, 9.17) is 4.52 Å². The van der Waals surface area contributed by atoms with E-state index >= 15 is 0 Å². The van der Waals surface area contributed by atoms with Crippen molar-refractivity contribution in [2.75, 3.05) is 0 Å². The van der Waals surface area contributed by atoms with Crippen LogP contribution in [0.3, 0.4) is 0 Å². The molecule has 2 aromatic heterocycles. The van der Waals surface area contributed by atoms with Gasteiger partial charge in [-0.15, -0.1) is 0 Å². The van der Waals surface area contributed by atoms with Gasteiger partial charge in [0.2, 0.25) is 0 Å². The number of amides is 1. The third kappa shape index (κ3) is 3.01. The molecule has 0 bridgehead atoms. The molecule has 0 aromatic carbocycles. The second kappa shape index (κ2) is 5.52. The zero-order valence-corrected chi connectivity index (χ0v) is 12.5. The Morgan fingerprint density at radius 3 is 2.74 bits per heavy atom. The molecule has 6 heteroatoms. The molecule has 1 unspecified atom stereocenters. The first-order valence-electron chi connectivity index (χ1n) is 5.85. The van der Waals surface area contributed by atoms with Crippen LogP contribution in [0.1, 0.15) is 40.5 Å². The highest BCUT2D eigenvalue weighted by Gasteiger charge is 2.19. The third-order valence-electron chi connectivity index (χ3n) is 2.82. The number of carbonyl (C=O) groups excluding carboxylic acids is 1. The van der Waals surface area contributed by atoms with E-state index in [-0.39, 0.29) is 11.9 Å². The Labute approximate surface area is 119 Å². The molecule has 0 aliphatic rings. The highest BCUT2D eigenvalue weighted by Crippen LogP contribution is 2.21. The first kappa shape index (κ1) is 13.7. The van der Waals surface area contributed by atoms with Gasteiger partial charge in [0.15, 0.2) is 0 Å². The molecule has 0 spiro atoms. The molecule has 1 N–H and O–H groups in total. The summed E-state index contributed by atoms with van der Waals surface area (Å²) < 4.78 is 5.73. The van der Waals surface area contributed by atoms with E-state index in [9.17, 15) is 4.79 Å². The van der Waals surface area contributed by atoms with E-state index in [1.165, 1.54) is 0 Å². The Balaban J connectivity index is 2.15. The van der Waals surface area contributed by atoms with Gasteiger partial charge in [-0.3, -0.25) is 4.79 Å². The molecule has 5 nitrogen and oxygen atoms in total. The predicted octanol–water partition coefficient (Wildman–Crippen LogP) is 2.94. The number of pyridine rings is 1. The Kier molecular flexibility index (Phi) is 3.99. The molecule has 0 radical (unpaired) electrons. The fourth-order valence-electron chi connectivity index (χ4n) is 1.99. The average Bonchev–Trinajstić information content (AvgIpc) is 2.69. The number of nitrogens with zero attached hydrogens (tertiary/aromatic N) is 2. The van der Waals surface area contributed by atoms with Crippen molar-refractivity contribution in [2.45, 2.75) is 26.8 Å². The lowest BCUT2D eigenvalue weighted by molar-refractivity contribution is 0.0934. The van der Waals surface area contributed by atoms with Crippen LogP contribution in [0, 0.1) is 13.8 Å². The highest BCUT2D eigenvalue weighted by atomic mass is 79.9. The minimum atomic E-state index is -0.228. The van der Waals surface area contributed by atoms with E-state index in [0.717, 1.165) is 11.3 Å². The van der Waals surface area contributed by atoms with Gasteiger partial charge in [0.25, 0.3) is 5.91 Å². The Hall–Kier alpha value is -1.69. The second-order valence-corrected chi connectivity index (χ2v) is 5.09. The van der Waals surface area contributed by atoms with Crippen LogP contribution in [0.4, 0.5) is 0 Å². The summed E-state index contributed by atoms with van der Waals surface area (Å²) in [5.74, 6) is 0.487. The average molecular weight is 324 g/mol. The molecule has 0 saturated carbocycles. The lowest BCUT2D eigenvalue weighted by Gasteiger charge is -2.13. The zero-order valence-electron chi connectivity index (χ0n) is 10.9. The van der Waals surface area contributed by atoms with E-state index in [1.54, 1.807) is 18.2 Å². The van der Waals surface area contributed by atoms with Crippen LogP contribution >= 0.6 is 15.9 Å². The van der Waals surface area contributed by atoms with Crippen molar-refractivity contribution < 1.29 is 9.32 Å². The summed E-state index contributed by atoms with van der Waals surface area (Å²) in [6, 6.07) is 5.03. The van der Waals surface area contributed by atoms with Crippen LogP contribution < -0.4 is 5.32 Å². The van der Waals surface area contributed by atoms with Crippen LogP contribution in [0.25, 0.3) is 0 Å². The summed E-state index contributed by atoms with van der Waals surface area (Å²) in [5.41, 5.74) is 2.06. The van der Waals surface area contributed by atoms with Gasteiger partial charge in [0.05, 0.1) is 11.7 Å². The van der Waals surface area contributed by atoms with Crippen molar-refractivity contribution >= 4 is 21.8 Å². The van der Waals surface area contributed by atoms with Crippen molar-refractivity contribution in [3.63, 3.8) is 0 Å². The minimum absolute atomic E-state index is 0.181. The predicted molar refractivity (Wildman–Crippen MR) is 73.8 cm³/mol. The molecule has 0 saturated heterocycles. The number of hydrogen-bond acceptors (Lipinski definition) is 4. The highest BCUT2D eigenvalue weighted by molar-refractivity contribution is 9.10. The molecular formula is C13H14BrN3O2. The molecule has 2 rings (SSSR count). The quantitative estimate of drug-likeness (QED) is 0.882. The van der Waals surface area contributed by atoms with Gasteiger partial charge in [0, 0.05) is 5.56 Å². The van der Waals surface area contributed by atoms with Crippen molar-refractivity contribution in [3.05, 3.63) is 45.5 Å². The lowest BCUT2D eigenvalue weighted by Crippen LogP contribution is -2.28. The summed E-state index contributed by atoms with van der Waals surface area (Å²) in [6.45, 7) is 5.57. The molecule has 1 atom stereocenters. The van der Waals surface area contributed by atoms with E-state index < -0.39 is 0 Å². The smallest absolute Gasteiger partial charge is 0.270 e. The van der Waals surface area contributed by atoms with Gasteiger partial charge < -0.3 is 9.84 Å². The lowest BCUT2D eigenvalue weighted by atomic mass is 10.1. The first-order valence-corrected chi connectivity index (χ1v) is 6.64. The molecule has 1 amide bonds. The molecule has 2 heterocycles. The maximum atomic E-state index is 12.1. The van der Waals surface area contributed by atoms with E-state index in [2.05, 4.69) is 31.4 Å². The van der Waals surface area contributed by atoms with E-state index in [1.807, 2.05) is 20.8 Å². The standard InChI is InChI=1S/C13H14BrN3O2/c1-7(12-8(2)17-19-9(12)3)15-13(18)10-5-4-6-11(14)16-10/h4-7H,1-3H3,(H,15,18). The Morgan fingerprint density at radius 1 is 1.42 bits per heavy atom. The summed E-state index contributed by atoms with van der Waals surface area (Å²) in [6.07, 6.45) is 0. The molecule has 0 fully saturated rings. The maximum Gasteiger partial charge on any atom is 0.270 e. The van der Waals surface area contributed by atoms with Crippen LogP contribution in [-0.4, -0.2) is 16.0 Å². The molecule has 19 heavy (non-hydrogen) atoms. The fourth-order valence-corrected chi connectivity index (χ4v) is 2.33.